The lowest BCUT2D eigenvalue weighted by Gasteiger charge is -2.42. The van der Waals surface area contributed by atoms with Gasteiger partial charge in [0.15, 0.2) is 5.11 Å². The summed E-state index contributed by atoms with van der Waals surface area (Å²) in [4.78, 5) is 44.0. The maximum absolute atomic E-state index is 14.3. The van der Waals surface area contributed by atoms with Crippen LogP contribution in [-0.2, 0) is 20.6 Å². The largest absolute Gasteiger partial charge is 0.417 e. The average Bonchev–Trinajstić information content (AvgIpc) is 3.34. The predicted octanol–water partition coefficient (Wildman–Crippen LogP) is 5.82. The van der Waals surface area contributed by atoms with Crippen LogP contribution in [0.2, 0.25) is 0 Å². The van der Waals surface area contributed by atoms with Gasteiger partial charge >= 0.3 is 12.4 Å². The minimum Gasteiger partial charge on any atom is -0.378 e. The van der Waals surface area contributed by atoms with Gasteiger partial charge in [-0.25, -0.2) is 0 Å². The molecule has 1 aliphatic carbocycles. The van der Waals surface area contributed by atoms with E-state index in [2.05, 4.69) is 16.0 Å². The number of hydrogen-bond acceptors (Lipinski definition) is 9. The summed E-state index contributed by atoms with van der Waals surface area (Å²) in [5, 5.41) is 27.7. The van der Waals surface area contributed by atoms with E-state index in [0.717, 1.165) is 41.2 Å². The summed E-state index contributed by atoms with van der Waals surface area (Å²) in [5.74, 6) is -1.01. The van der Waals surface area contributed by atoms with Crippen molar-refractivity contribution in [3.63, 3.8) is 0 Å². The first-order valence-corrected chi connectivity index (χ1v) is 20.1. The number of aliphatic hydroxyl groups is 1. The molecule has 320 valence electrons. The Morgan fingerprint density at radius 1 is 1.02 bits per heavy atom. The van der Waals surface area contributed by atoms with Crippen molar-refractivity contribution < 1.29 is 45.8 Å². The second kappa shape index (κ2) is 17.6. The average molecular weight is 851 g/mol. The van der Waals surface area contributed by atoms with Gasteiger partial charge < -0.3 is 30.9 Å². The van der Waals surface area contributed by atoms with Crippen LogP contribution in [0.3, 0.4) is 0 Å². The van der Waals surface area contributed by atoms with E-state index in [1.807, 2.05) is 4.90 Å². The summed E-state index contributed by atoms with van der Waals surface area (Å²) in [6, 6.07) is 8.85. The highest BCUT2D eigenvalue weighted by atomic mass is 32.1. The molecular formula is C40H48F6N8O4S. The molecular weight excluding hydrogens is 803 g/mol. The third-order valence-electron chi connectivity index (χ3n) is 11.9. The SMILES string of the molecule is CC1(C)C(=O)N(c2ccc(C#N)c(C(F)(F)F)c2)C(=S)N1[C@H]1CC[C@H](CCCN2CCN(CC(=O)Nc3cccc(NC4CCC(=O)NC4O)c3)[C@@H](C(F)(F)F)C2)CC1. The van der Waals surface area contributed by atoms with Gasteiger partial charge in [0.1, 0.15) is 17.8 Å². The minimum absolute atomic E-state index is 0.0524. The van der Waals surface area contributed by atoms with Crippen molar-refractivity contribution in [1.82, 2.24) is 20.0 Å². The summed E-state index contributed by atoms with van der Waals surface area (Å²) in [7, 11) is 0. The summed E-state index contributed by atoms with van der Waals surface area (Å²) >= 11 is 5.71. The first-order valence-electron chi connectivity index (χ1n) is 19.7. The van der Waals surface area contributed by atoms with E-state index in [-0.39, 0.29) is 42.3 Å². The third kappa shape index (κ3) is 10.1. The molecule has 3 amide bonds. The van der Waals surface area contributed by atoms with E-state index in [9.17, 15) is 51.1 Å². The number of rotatable bonds is 11. The minimum atomic E-state index is -4.80. The van der Waals surface area contributed by atoms with E-state index in [1.165, 1.54) is 6.07 Å². The highest BCUT2D eigenvalue weighted by Gasteiger charge is 2.53. The number of nitrogens with one attached hydrogen (secondary N) is 3. The van der Waals surface area contributed by atoms with Gasteiger partial charge in [0.05, 0.1) is 35.5 Å². The summed E-state index contributed by atoms with van der Waals surface area (Å²) in [5.41, 5.74) is -1.94. The number of benzene rings is 2. The van der Waals surface area contributed by atoms with Crippen LogP contribution in [0.1, 0.15) is 76.3 Å². The molecule has 1 saturated carbocycles. The number of anilines is 3. The van der Waals surface area contributed by atoms with E-state index in [0.29, 0.717) is 56.1 Å². The van der Waals surface area contributed by atoms with E-state index in [4.69, 9.17) is 12.2 Å². The van der Waals surface area contributed by atoms with Crippen molar-refractivity contribution in [3.8, 4) is 6.07 Å². The first-order chi connectivity index (χ1) is 27.8. The molecule has 12 nitrogen and oxygen atoms in total. The number of amides is 3. The fourth-order valence-electron chi connectivity index (χ4n) is 8.75. The molecule has 0 spiro atoms. The monoisotopic (exact) mass is 850 g/mol. The molecule has 2 aromatic rings. The molecule has 4 aliphatic rings. The van der Waals surface area contributed by atoms with Crippen LogP contribution in [0, 0.1) is 17.2 Å². The molecule has 4 fully saturated rings. The Bertz CT molecular complexity index is 1950. The van der Waals surface area contributed by atoms with Crippen LogP contribution in [0.25, 0.3) is 0 Å². The summed E-state index contributed by atoms with van der Waals surface area (Å²) < 4.78 is 84.2. The van der Waals surface area contributed by atoms with E-state index >= 15 is 0 Å². The number of piperidine rings is 1. The Morgan fingerprint density at radius 3 is 2.39 bits per heavy atom. The summed E-state index contributed by atoms with van der Waals surface area (Å²) in [6.07, 6.45) is -5.40. The van der Waals surface area contributed by atoms with Gasteiger partial charge in [0, 0.05) is 43.5 Å². The van der Waals surface area contributed by atoms with Crippen molar-refractivity contribution in [2.75, 3.05) is 48.3 Å². The van der Waals surface area contributed by atoms with Gasteiger partial charge in [-0.15, -0.1) is 0 Å². The van der Waals surface area contributed by atoms with Crippen molar-refractivity contribution in [2.45, 2.75) is 107 Å². The normalized spacial score (nSPS) is 25.8. The molecule has 3 heterocycles. The maximum Gasteiger partial charge on any atom is 0.417 e. The zero-order chi connectivity index (χ0) is 42.9. The number of halogens is 6. The zero-order valence-electron chi connectivity index (χ0n) is 32.7. The highest BCUT2D eigenvalue weighted by molar-refractivity contribution is 7.80. The molecule has 2 unspecified atom stereocenters. The Hall–Kier alpha value is -4.51. The molecule has 0 radical (unpaired) electrons. The molecule has 6 rings (SSSR count). The Kier molecular flexibility index (Phi) is 13.1. The van der Waals surface area contributed by atoms with Gasteiger partial charge in [0.2, 0.25) is 11.8 Å². The van der Waals surface area contributed by atoms with Crippen LogP contribution in [-0.4, -0.2) is 111 Å². The molecule has 3 saturated heterocycles. The van der Waals surface area contributed by atoms with Crippen LogP contribution in [0.15, 0.2) is 42.5 Å². The lowest BCUT2D eigenvalue weighted by Crippen LogP contribution is -2.60. The molecule has 4 N–H and O–H groups in total. The number of aliphatic hydroxyl groups excluding tert-OH is 1. The number of thiocarbonyl (C=S) groups is 1. The molecule has 0 bridgehead atoms. The fraction of sp³-hybridized carbons (Fsp3) is 0.575. The van der Waals surface area contributed by atoms with E-state index in [1.54, 1.807) is 49.1 Å². The Balaban J connectivity index is 0.970. The van der Waals surface area contributed by atoms with Crippen LogP contribution < -0.4 is 20.9 Å². The smallest absolute Gasteiger partial charge is 0.378 e. The fourth-order valence-corrected chi connectivity index (χ4v) is 9.31. The molecule has 59 heavy (non-hydrogen) atoms. The number of alkyl halides is 6. The number of carbonyl (C=O) groups is 3. The van der Waals surface area contributed by atoms with Gasteiger partial charge in [0.25, 0.3) is 5.91 Å². The zero-order valence-corrected chi connectivity index (χ0v) is 33.5. The topological polar surface area (TPSA) is 144 Å². The first kappa shape index (κ1) is 44.1. The lowest BCUT2D eigenvalue weighted by atomic mass is 9.82. The van der Waals surface area contributed by atoms with Gasteiger partial charge in [-0.1, -0.05) is 6.07 Å². The third-order valence-corrected chi connectivity index (χ3v) is 12.2. The molecule has 0 aromatic heterocycles. The van der Waals surface area contributed by atoms with Gasteiger partial charge in [-0.05, 0) is 120 Å². The quantitative estimate of drug-likeness (QED) is 0.161. The standard InChI is InChI=1S/C40H48F6N8O4S/c1-38(2)36(58)53(29-13-10-25(21-47)30(20-29)39(41,42)43)37(59)54(38)28-11-8-24(9-12-28)5-4-16-51-17-18-52(32(22-51)40(44,45)46)23-34(56)49-27-7-3-6-26(19-27)48-31-14-15-33(55)50-35(31)57/h3,6-7,10,13,19-20,24,28,31-32,35,48,57H,4-5,8-9,11-12,14-18,22-23H2,1-2H3,(H,49,56)(H,50,55)/t24-,28-,31?,32-,35?/m1/s1. The van der Waals surface area contributed by atoms with Crippen molar-refractivity contribution in [3.05, 3.63) is 53.6 Å². The second-order valence-electron chi connectivity index (χ2n) is 16.3. The van der Waals surface area contributed by atoms with Gasteiger partial charge in [-0.3, -0.25) is 24.2 Å². The lowest BCUT2D eigenvalue weighted by molar-refractivity contribution is -0.197. The van der Waals surface area contributed by atoms with Crippen LogP contribution in [0.4, 0.5) is 43.4 Å². The van der Waals surface area contributed by atoms with Gasteiger partial charge in [-0.2, -0.15) is 31.6 Å². The number of nitriles is 1. The number of carbonyl (C=O) groups excluding carboxylic acids is 3. The predicted molar refractivity (Wildman–Crippen MR) is 211 cm³/mol. The Morgan fingerprint density at radius 2 is 1.73 bits per heavy atom. The Labute approximate surface area is 343 Å². The highest BCUT2D eigenvalue weighted by Crippen LogP contribution is 2.42. The van der Waals surface area contributed by atoms with Crippen molar-refractivity contribution in [2.24, 2.45) is 5.92 Å². The number of hydrogen-bond donors (Lipinski definition) is 4. The number of nitrogens with zero attached hydrogens (tertiary/aromatic N) is 5. The molecule has 2 aromatic carbocycles. The molecule has 3 aliphatic heterocycles. The van der Waals surface area contributed by atoms with E-state index < -0.39 is 65.7 Å². The molecule has 3 atom stereocenters. The van der Waals surface area contributed by atoms with Crippen LogP contribution >= 0.6 is 12.2 Å². The summed E-state index contributed by atoms with van der Waals surface area (Å²) in [6.45, 7) is 3.54. The molecule has 19 heteroatoms. The van der Waals surface area contributed by atoms with Crippen molar-refractivity contribution in [1.29, 1.82) is 5.26 Å². The maximum atomic E-state index is 14.3. The van der Waals surface area contributed by atoms with Crippen molar-refractivity contribution >= 4 is 52.1 Å². The number of piperazine rings is 1. The second-order valence-corrected chi connectivity index (χ2v) is 16.6. The van der Waals surface area contributed by atoms with Crippen LogP contribution in [0.5, 0.6) is 0 Å².